The Morgan fingerprint density at radius 3 is 2.59 bits per heavy atom. The Morgan fingerprint density at radius 2 is 1.97 bits per heavy atom. The van der Waals surface area contributed by atoms with Crippen LogP contribution in [0.25, 0.3) is 0 Å². The van der Waals surface area contributed by atoms with Gasteiger partial charge >= 0.3 is 0 Å². The molecule has 1 N–H and O–H groups in total. The largest absolute Gasteiger partial charge is 0.352 e. The summed E-state index contributed by atoms with van der Waals surface area (Å²) in [6.07, 6.45) is 6.24. The lowest BCUT2D eigenvalue weighted by atomic mass is 9.62. The quantitative estimate of drug-likeness (QED) is 0.759. The van der Waals surface area contributed by atoms with Crippen molar-refractivity contribution in [1.29, 1.82) is 0 Å². The summed E-state index contributed by atoms with van der Waals surface area (Å²) < 4.78 is 27.5. The predicted molar refractivity (Wildman–Crippen MR) is 112 cm³/mol. The van der Waals surface area contributed by atoms with Gasteiger partial charge in [-0.15, -0.1) is 0 Å². The molecule has 8 heteroatoms. The summed E-state index contributed by atoms with van der Waals surface area (Å²) in [5.41, 5.74) is 1.39. The molecule has 1 spiro atoms. The van der Waals surface area contributed by atoms with E-state index in [9.17, 15) is 13.2 Å². The summed E-state index contributed by atoms with van der Waals surface area (Å²) in [6, 6.07) is 10.6. The van der Waals surface area contributed by atoms with Crippen LogP contribution in [-0.4, -0.2) is 36.7 Å². The van der Waals surface area contributed by atoms with Crippen LogP contribution in [-0.2, 0) is 27.1 Å². The van der Waals surface area contributed by atoms with Gasteiger partial charge in [-0.25, -0.2) is 12.7 Å². The average Bonchev–Trinajstić information content (AvgIpc) is 3.11. The number of hydrogen-bond acceptors (Lipinski definition) is 4. The first-order valence-corrected chi connectivity index (χ1v) is 11.8. The van der Waals surface area contributed by atoms with E-state index in [-0.39, 0.29) is 29.5 Å². The minimum atomic E-state index is -3.51. The fraction of sp³-hybridized carbons (Fsp3) is 0.429. The van der Waals surface area contributed by atoms with Crippen molar-refractivity contribution in [2.75, 3.05) is 13.1 Å². The molecule has 1 aromatic heterocycles. The van der Waals surface area contributed by atoms with Crippen LogP contribution < -0.4 is 5.32 Å². The molecular weight excluding hydrogens is 410 g/mol. The van der Waals surface area contributed by atoms with E-state index in [4.69, 9.17) is 11.6 Å². The van der Waals surface area contributed by atoms with E-state index < -0.39 is 10.0 Å². The van der Waals surface area contributed by atoms with Gasteiger partial charge in [0, 0.05) is 37.1 Å². The summed E-state index contributed by atoms with van der Waals surface area (Å²) in [5, 5.41) is 3.55. The lowest BCUT2D eigenvalue weighted by Crippen LogP contribution is -2.45. The third kappa shape index (κ3) is 4.32. The number of rotatable bonds is 6. The molecule has 4 rings (SSSR count). The molecule has 154 valence electrons. The van der Waals surface area contributed by atoms with Gasteiger partial charge in [-0.1, -0.05) is 36.2 Å². The predicted octanol–water partition coefficient (Wildman–Crippen LogP) is 2.98. The van der Waals surface area contributed by atoms with Crippen molar-refractivity contribution in [3.05, 3.63) is 64.9 Å². The van der Waals surface area contributed by atoms with Crippen LogP contribution in [0.4, 0.5) is 0 Å². The maximum absolute atomic E-state index is 13.0. The number of aromatic nitrogens is 1. The molecule has 1 amide bonds. The number of hydrogen-bond donors (Lipinski definition) is 1. The molecule has 0 bridgehead atoms. The van der Waals surface area contributed by atoms with Crippen molar-refractivity contribution in [3.63, 3.8) is 0 Å². The highest BCUT2D eigenvalue weighted by molar-refractivity contribution is 7.88. The lowest BCUT2D eigenvalue weighted by Gasteiger charge is -2.42. The van der Waals surface area contributed by atoms with Crippen molar-refractivity contribution in [2.24, 2.45) is 11.3 Å². The molecule has 1 unspecified atom stereocenters. The Hall–Kier alpha value is -1.96. The minimum Gasteiger partial charge on any atom is -0.352 e. The number of pyridine rings is 1. The van der Waals surface area contributed by atoms with Gasteiger partial charge in [0.25, 0.3) is 0 Å². The molecule has 1 saturated heterocycles. The van der Waals surface area contributed by atoms with E-state index >= 15 is 0 Å². The van der Waals surface area contributed by atoms with Gasteiger partial charge in [-0.05, 0) is 47.6 Å². The minimum absolute atomic E-state index is 0.0715. The van der Waals surface area contributed by atoms with Gasteiger partial charge in [-0.2, -0.15) is 0 Å². The number of carbonyl (C=O) groups excluding carboxylic acids is 1. The highest BCUT2D eigenvalue weighted by Gasteiger charge is 2.55. The third-order valence-corrected chi connectivity index (χ3v) is 8.14. The van der Waals surface area contributed by atoms with Gasteiger partial charge < -0.3 is 5.32 Å². The number of nitrogens with zero attached hydrogens (tertiary/aromatic N) is 2. The van der Waals surface area contributed by atoms with Gasteiger partial charge in [-0.3, -0.25) is 9.78 Å². The van der Waals surface area contributed by atoms with E-state index in [1.54, 1.807) is 36.7 Å². The first-order chi connectivity index (χ1) is 13.9. The third-order valence-electron chi connectivity index (χ3n) is 6.13. The van der Waals surface area contributed by atoms with Crippen molar-refractivity contribution in [1.82, 2.24) is 14.6 Å². The van der Waals surface area contributed by atoms with Gasteiger partial charge in [0.1, 0.15) is 0 Å². The van der Waals surface area contributed by atoms with Crippen LogP contribution in [0.1, 0.15) is 30.4 Å². The number of carbonyl (C=O) groups is 1. The molecule has 2 fully saturated rings. The zero-order chi connectivity index (χ0) is 20.5. The van der Waals surface area contributed by atoms with Gasteiger partial charge in [0.05, 0.1) is 11.7 Å². The summed E-state index contributed by atoms with van der Waals surface area (Å²) >= 11 is 5.89. The van der Waals surface area contributed by atoms with Crippen molar-refractivity contribution < 1.29 is 13.2 Å². The van der Waals surface area contributed by atoms with Crippen LogP contribution in [0.2, 0.25) is 5.02 Å². The summed E-state index contributed by atoms with van der Waals surface area (Å²) in [5.74, 6) is -0.463. The number of sulfonamides is 1. The standard InChI is InChI=1S/C21H24ClN3O3S/c22-18-6-4-16(5-7-18)14-29(27,28)25-13-19(21(15-25)8-2-9-21)20(26)24-12-17-3-1-10-23-11-17/h1,3-7,10-11,19H,2,8-9,12-15H2,(H,24,26). The SMILES string of the molecule is O=C(NCc1cccnc1)C1CN(S(=O)(=O)Cc2ccc(Cl)cc2)CC12CCC2. The summed E-state index contributed by atoms with van der Waals surface area (Å²) in [6.45, 7) is 1.07. The Bertz CT molecular complexity index is 976. The molecule has 6 nitrogen and oxygen atoms in total. The number of halogens is 1. The molecule has 2 aromatic rings. The van der Waals surface area contributed by atoms with E-state index in [1.807, 2.05) is 12.1 Å². The summed E-state index contributed by atoms with van der Waals surface area (Å²) in [4.78, 5) is 17.0. The maximum atomic E-state index is 13.0. The molecule has 29 heavy (non-hydrogen) atoms. The van der Waals surface area contributed by atoms with Crippen molar-refractivity contribution in [2.45, 2.75) is 31.6 Å². The molecule has 2 heterocycles. The summed E-state index contributed by atoms with van der Waals surface area (Å²) in [7, 11) is -3.51. The molecule has 1 aliphatic heterocycles. The monoisotopic (exact) mass is 433 g/mol. The number of nitrogens with one attached hydrogen (secondary N) is 1. The fourth-order valence-electron chi connectivity index (χ4n) is 4.33. The second-order valence-electron chi connectivity index (χ2n) is 8.02. The van der Waals surface area contributed by atoms with Crippen LogP contribution >= 0.6 is 11.6 Å². The molecule has 0 radical (unpaired) electrons. The van der Waals surface area contributed by atoms with E-state index in [0.717, 1.165) is 24.8 Å². The van der Waals surface area contributed by atoms with E-state index in [2.05, 4.69) is 10.3 Å². The molecule has 2 aliphatic rings. The Kier molecular flexibility index (Phi) is 5.64. The Balaban J connectivity index is 1.45. The molecule has 1 saturated carbocycles. The number of benzene rings is 1. The number of amides is 1. The van der Waals surface area contributed by atoms with Crippen LogP contribution in [0, 0.1) is 11.3 Å². The Labute approximate surface area is 176 Å². The van der Waals surface area contributed by atoms with Crippen LogP contribution in [0.3, 0.4) is 0 Å². The average molecular weight is 434 g/mol. The first kappa shape index (κ1) is 20.3. The van der Waals surface area contributed by atoms with Gasteiger partial charge in [0.15, 0.2) is 0 Å². The molecular formula is C21H24ClN3O3S. The fourth-order valence-corrected chi connectivity index (χ4v) is 6.08. The van der Waals surface area contributed by atoms with E-state index in [1.165, 1.54) is 4.31 Å². The highest BCUT2D eigenvalue weighted by Crippen LogP contribution is 2.52. The zero-order valence-corrected chi connectivity index (χ0v) is 17.6. The second-order valence-corrected chi connectivity index (χ2v) is 10.4. The smallest absolute Gasteiger partial charge is 0.225 e. The Morgan fingerprint density at radius 1 is 1.21 bits per heavy atom. The maximum Gasteiger partial charge on any atom is 0.225 e. The van der Waals surface area contributed by atoms with Crippen LogP contribution in [0.15, 0.2) is 48.8 Å². The first-order valence-electron chi connectivity index (χ1n) is 9.77. The topological polar surface area (TPSA) is 79.4 Å². The molecule has 1 aromatic carbocycles. The van der Waals surface area contributed by atoms with Crippen molar-refractivity contribution in [3.8, 4) is 0 Å². The lowest BCUT2D eigenvalue weighted by molar-refractivity contribution is -0.129. The molecule has 1 atom stereocenters. The van der Waals surface area contributed by atoms with Gasteiger partial charge in [0.2, 0.25) is 15.9 Å². The zero-order valence-electron chi connectivity index (χ0n) is 16.1. The van der Waals surface area contributed by atoms with E-state index in [0.29, 0.717) is 23.7 Å². The molecule has 1 aliphatic carbocycles. The second kappa shape index (κ2) is 8.05. The normalized spacial score (nSPS) is 21.1. The van der Waals surface area contributed by atoms with Crippen molar-refractivity contribution >= 4 is 27.5 Å². The highest BCUT2D eigenvalue weighted by atomic mass is 35.5. The van der Waals surface area contributed by atoms with Crippen LogP contribution in [0.5, 0.6) is 0 Å².